The Morgan fingerprint density at radius 1 is 1.09 bits per heavy atom. The van der Waals surface area contributed by atoms with Crippen molar-refractivity contribution >= 4 is 34.0 Å². The normalized spacial score (nSPS) is 11.3. The van der Waals surface area contributed by atoms with Crippen LogP contribution in [0.3, 0.4) is 0 Å². The zero-order valence-electron chi connectivity index (χ0n) is 13.1. The Kier molecular flexibility index (Phi) is 5.82. The van der Waals surface area contributed by atoms with E-state index in [1.165, 1.54) is 7.11 Å². The van der Waals surface area contributed by atoms with Crippen LogP contribution < -0.4 is 10.7 Å². The average Bonchev–Trinajstić information content (AvgIpc) is 2.53. The van der Waals surface area contributed by atoms with Crippen LogP contribution in [0.25, 0.3) is 10.8 Å². The van der Waals surface area contributed by atoms with Gasteiger partial charge in [-0.1, -0.05) is 36.4 Å². The first-order valence-corrected chi connectivity index (χ1v) is 7.18. The molecule has 2 N–H and O–H groups in total. The van der Waals surface area contributed by atoms with Crippen LogP contribution in [-0.4, -0.2) is 31.2 Å². The number of amides is 2. The van der Waals surface area contributed by atoms with Crippen molar-refractivity contribution in [2.45, 2.75) is 13.3 Å². The highest BCUT2D eigenvalue weighted by molar-refractivity contribution is 6.09. The molecule has 120 valence electrons. The molecule has 2 aromatic carbocycles. The third-order valence-corrected chi connectivity index (χ3v) is 3.13. The second-order valence-corrected chi connectivity index (χ2v) is 5.07. The minimum atomic E-state index is -0.360. The number of nitrogens with one attached hydrogen (secondary N) is 2. The van der Waals surface area contributed by atoms with Gasteiger partial charge in [-0.15, -0.1) is 0 Å². The number of carbonyl (C=O) groups excluding carboxylic acids is 2. The molecule has 0 aliphatic rings. The molecule has 0 atom stereocenters. The molecular weight excluding hydrogens is 294 g/mol. The van der Waals surface area contributed by atoms with Gasteiger partial charge in [0.2, 0.25) is 5.91 Å². The second kappa shape index (κ2) is 8.05. The lowest BCUT2D eigenvalue weighted by Crippen LogP contribution is -2.24. The number of hydrogen-bond acceptors (Lipinski definition) is 4. The number of methoxy groups -OCH3 is 1. The van der Waals surface area contributed by atoms with Crippen molar-refractivity contribution in [1.29, 1.82) is 0 Å². The number of fused-ring (bicyclic) bond motifs is 1. The largest absolute Gasteiger partial charge is 0.375 e. The Bertz CT molecular complexity index is 735. The molecule has 2 amide bonds. The fourth-order valence-corrected chi connectivity index (χ4v) is 2.12. The summed E-state index contributed by atoms with van der Waals surface area (Å²) in [5, 5.41) is 8.77. The molecule has 0 fully saturated rings. The molecule has 0 saturated carbocycles. The highest BCUT2D eigenvalue weighted by Crippen LogP contribution is 2.22. The summed E-state index contributed by atoms with van der Waals surface area (Å²) in [7, 11) is 1.42. The third kappa shape index (κ3) is 4.89. The van der Waals surface area contributed by atoms with Crippen molar-refractivity contribution in [3.63, 3.8) is 0 Å². The van der Waals surface area contributed by atoms with Crippen LogP contribution in [0.2, 0.25) is 0 Å². The van der Waals surface area contributed by atoms with Gasteiger partial charge in [-0.3, -0.25) is 9.59 Å². The highest BCUT2D eigenvalue weighted by atomic mass is 16.5. The van der Waals surface area contributed by atoms with Crippen molar-refractivity contribution in [2.75, 3.05) is 19.0 Å². The lowest BCUT2D eigenvalue weighted by atomic mass is 10.1. The maximum atomic E-state index is 12.1. The molecule has 2 rings (SSSR count). The summed E-state index contributed by atoms with van der Waals surface area (Å²) in [6, 6.07) is 13.6. The van der Waals surface area contributed by atoms with Crippen molar-refractivity contribution in [3.8, 4) is 0 Å². The average molecular weight is 313 g/mol. The first kappa shape index (κ1) is 16.6. The molecule has 0 radical (unpaired) electrons. The SMILES string of the molecule is COCC(=O)NN=C(C)CC(=O)Nc1cccc2ccccc12. The summed E-state index contributed by atoms with van der Waals surface area (Å²) in [4.78, 5) is 23.3. The van der Waals surface area contributed by atoms with Gasteiger partial charge in [0.1, 0.15) is 6.61 Å². The molecule has 0 saturated heterocycles. The quantitative estimate of drug-likeness (QED) is 0.634. The van der Waals surface area contributed by atoms with Gasteiger partial charge < -0.3 is 10.1 Å². The van der Waals surface area contributed by atoms with Gasteiger partial charge in [0.25, 0.3) is 5.91 Å². The van der Waals surface area contributed by atoms with Crippen LogP contribution >= 0.6 is 0 Å². The van der Waals surface area contributed by atoms with Crippen molar-refractivity contribution in [2.24, 2.45) is 5.10 Å². The molecule has 2 aromatic rings. The molecule has 0 spiro atoms. The topological polar surface area (TPSA) is 79.8 Å². The van der Waals surface area contributed by atoms with E-state index < -0.39 is 0 Å². The van der Waals surface area contributed by atoms with E-state index in [4.69, 9.17) is 0 Å². The number of hydrogen-bond donors (Lipinski definition) is 2. The van der Waals surface area contributed by atoms with E-state index in [-0.39, 0.29) is 24.8 Å². The number of anilines is 1. The van der Waals surface area contributed by atoms with E-state index in [9.17, 15) is 9.59 Å². The summed E-state index contributed by atoms with van der Waals surface area (Å²) in [6.07, 6.45) is 0.0937. The summed E-state index contributed by atoms with van der Waals surface area (Å²) in [5.41, 5.74) is 3.59. The van der Waals surface area contributed by atoms with E-state index in [1.54, 1.807) is 6.92 Å². The van der Waals surface area contributed by atoms with Crippen LogP contribution in [0.4, 0.5) is 5.69 Å². The molecule has 0 unspecified atom stereocenters. The molecular formula is C17H19N3O3. The number of benzene rings is 2. The highest BCUT2D eigenvalue weighted by Gasteiger charge is 2.07. The first-order valence-electron chi connectivity index (χ1n) is 7.18. The van der Waals surface area contributed by atoms with Gasteiger partial charge in [-0.2, -0.15) is 5.10 Å². The van der Waals surface area contributed by atoms with E-state index in [0.29, 0.717) is 5.71 Å². The maximum absolute atomic E-state index is 12.1. The fourth-order valence-electron chi connectivity index (χ4n) is 2.12. The molecule has 0 bridgehead atoms. The number of carbonyl (C=O) groups is 2. The predicted octanol–water partition coefficient (Wildman–Crippen LogP) is 2.31. The predicted molar refractivity (Wildman–Crippen MR) is 90.3 cm³/mol. The fraction of sp³-hybridized carbons (Fsp3) is 0.235. The first-order chi connectivity index (χ1) is 11.1. The Morgan fingerprint density at radius 3 is 2.61 bits per heavy atom. The van der Waals surface area contributed by atoms with Crippen LogP contribution in [0, 0.1) is 0 Å². The maximum Gasteiger partial charge on any atom is 0.266 e. The summed E-state index contributed by atoms with van der Waals surface area (Å²) < 4.78 is 4.68. The summed E-state index contributed by atoms with van der Waals surface area (Å²) in [5.74, 6) is -0.551. The minimum Gasteiger partial charge on any atom is -0.375 e. The second-order valence-electron chi connectivity index (χ2n) is 5.07. The zero-order chi connectivity index (χ0) is 16.7. The zero-order valence-corrected chi connectivity index (χ0v) is 13.1. The number of rotatable bonds is 6. The summed E-state index contributed by atoms with van der Waals surface area (Å²) >= 11 is 0. The molecule has 0 aromatic heterocycles. The van der Waals surface area contributed by atoms with Gasteiger partial charge in [-0.25, -0.2) is 5.43 Å². The number of ether oxygens (including phenoxy) is 1. The standard InChI is InChI=1S/C17H19N3O3/c1-12(19-20-17(22)11-23-2)10-16(21)18-15-9-5-7-13-6-3-4-8-14(13)15/h3-9H,10-11H2,1-2H3,(H,18,21)(H,20,22). The van der Waals surface area contributed by atoms with Crippen LogP contribution in [0.1, 0.15) is 13.3 Å². The van der Waals surface area contributed by atoms with Crippen molar-refractivity contribution < 1.29 is 14.3 Å². The Morgan fingerprint density at radius 2 is 1.83 bits per heavy atom. The van der Waals surface area contributed by atoms with Crippen molar-refractivity contribution in [1.82, 2.24) is 5.43 Å². The van der Waals surface area contributed by atoms with E-state index >= 15 is 0 Å². The summed E-state index contributed by atoms with van der Waals surface area (Å²) in [6.45, 7) is 1.61. The monoisotopic (exact) mass is 313 g/mol. The lowest BCUT2D eigenvalue weighted by molar-refractivity contribution is -0.124. The molecule has 6 nitrogen and oxygen atoms in total. The van der Waals surface area contributed by atoms with E-state index in [2.05, 4.69) is 20.6 Å². The Balaban J connectivity index is 1.98. The van der Waals surface area contributed by atoms with Crippen LogP contribution in [-0.2, 0) is 14.3 Å². The minimum absolute atomic E-state index is 0.0705. The van der Waals surface area contributed by atoms with Crippen LogP contribution in [0.15, 0.2) is 47.6 Å². The molecule has 0 aliphatic heterocycles. The van der Waals surface area contributed by atoms with Gasteiger partial charge >= 0.3 is 0 Å². The molecule has 0 heterocycles. The van der Waals surface area contributed by atoms with Crippen LogP contribution in [0.5, 0.6) is 0 Å². The van der Waals surface area contributed by atoms with Crippen molar-refractivity contribution in [3.05, 3.63) is 42.5 Å². The third-order valence-electron chi connectivity index (χ3n) is 3.13. The van der Waals surface area contributed by atoms with Gasteiger partial charge in [0, 0.05) is 23.9 Å². The van der Waals surface area contributed by atoms with E-state index in [1.807, 2.05) is 42.5 Å². The molecule has 23 heavy (non-hydrogen) atoms. The van der Waals surface area contributed by atoms with Gasteiger partial charge in [0.15, 0.2) is 0 Å². The number of hydrazone groups is 1. The molecule has 6 heteroatoms. The Labute approximate surface area is 134 Å². The molecule has 0 aliphatic carbocycles. The lowest BCUT2D eigenvalue weighted by Gasteiger charge is -2.08. The van der Waals surface area contributed by atoms with Gasteiger partial charge in [0.05, 0.1) is 6.42 Å². The Hall–Kier alpha value is -2.73. The van der Waals surface area contributed by atoms with E-state index in [0.717, 1.165) is 16.5 Å². The number of nitrogens with zero attached hydrogens (tertiary/aromatic N) is 1. The smallest absolute Gasteiger partial charge is 0.266 e. The van der Waals surface area contributed by atoms with Gasteiger partial charge in [-0.05, 0) is 18.4 Å².